The highest BCUT2D eigenvalue weighted by atomic mass is 32.2. The van der Waals surface area contributed by atoms with Crippen LogP contribution in [0.4, 0.5) is 0 Å². The van der Waals surface area contributed by atoms with Gasteiger partial charge in [-0.15, -0.1) is 0 Å². The molecule has 0 aromatic heterocycles. The average Bonchev–Trinajstić information content (AvgIpc) is 2.19. The molecule has 0 heterocycles. The maximum atomic E-state index is 11.8. The van der Waals surface area contributed by atoms with Crippen LogP contribution in [0.1, 0.15) is 39.0 Å². The van der Waals surface area contributed by atoms with E-state index in [4.69, 9.17) is 0 Å². The van der Waals surface area contributed by atoms with Gasteiger partial charge in [-0.3, -0.25) is 0 Å². The molecule has 0 atom stereocenters. The molecule has 0 spiro atoms. The molecule has 0 bridgehead atoms. The Morgan fingerprint density at radius 2 is 1.86 bits per heavy atom. The van der Waals surface area contributed by atoms with Gasteiger partial charge in [0.2, 0.25) is 0 Å². The summed E-state index contributed by atoms with van der Waals surface area (Å²) in [6, 6.07) is 0. The highest BCUT2D eigenvalue weighted by Gasteiger charge is 2.26. The first-order chi connectivity index (χ1) is 6.67. The lowest BCUT2D eigenvalue weighted by Crippen LogP contribution is -2.31. The zero-order valence-corrected chi connectivity index (χ0v) is 9.78. The third kappa shape index (κ3) is 3.58. The van der Waals surface area contributed by atoms with E-state index < -0.39 is 9.84 Å². The van der Waals surface area contributed by atoms with Crippen molar-refractivity contribution < 1.29 is 8.42 Å². The maximum Gasteiger partial charge on any atom is 0.154 e. The van der Waals surface area contributed by atoms with Crippen molar-refractivity contribution in [1.82, 2.24) is 5.32 Å². The standard InChI is InChI=1S/C10H21NO2S/c1-2-11-8-9-14(12,13)10-6-4-3-5-7-10/h10-11H,2-9H2,1H3. The molecule has 1 N–H and O–H groups in total. The Labute approximate surface area is 87.2 Å². The van der Waals surface area contributed by atoms with Gasteiger partial charge in [0.05, 0.1) is 11.0 Å². The van der Waals surface area contributed by atoms with Crippen LogP contribution in [-0.2, 0) is 9.84 Å². The number of hydrogen-bond acceptors (Lipinski definition) is 3. The minimum Gasteiger partial charge on any atom is -0.316 e. The average molecular weight is 219 g/mol. The highest BCUT2D eigenvalue weighted by molar-refractivity contribution is 7.92. The predicted octanol–water partition coefficient (Wildman–Crippen LogP) is 1.34. The molecule has 1 fully saturated rings. The van der Waals surface area contributed by atoms with E-state index in [9.17, 15) is 8.42 Å². The summed E-state index contributed by atoms with van der Waals surface area (Å²) in [4.78, 5) is 0. The topological polar surface area (TPSA) is 46.2 Å². The minimum absolute atomic E-state index is 0.0464. The molecule has 0 aliphatic heterocycles. The van der Waals surface area contributed by atoms with E-state index in [1.165, 1.54) is 6.42 Å². The van der Waals surface area contributed by atoms with Crippen molar-refractivity contribution in [2.45, 2.75) is 44.3 Å². The number of hydrogen-bond donors (Lipinski definition) is 1. The third-order valence-electron chi connectivity index (χ3n) is 2.87. The molecule has 0 radical (unpaired) electrons. The van der Waals surface area contributed by atoms with E-state index in [0.29, 0.717) is 12.3 Å². The van der Waals surface area contributed by atoms with Crippen molar-refractivity contribution in [3.63, 3.8) is 0 Å². The molecule has 0 saturated heterocycles. The van der Waals surface area contributed by atoms with Crippen LogP contribution in [0.3, 0.4) is 0 Å². The van der Waals surface area contributed by atoms with Crippen LogP contribution in [0.2, 0.25) is 0 Å². The van der Waals surface area contributed by atoms with Crippen LogP contribution in [-0.4, -0.2) is 32.5 Å². The van der Waals surface area contributed by atoms with Crippen LogP contribution >= 0.6 is 0 Å². The molecule has 1 aliphatic carbocycles. The first-order valence-corrected chi connectivity index (χ1v) is 7.30. The molecular weight excluding hydrogens is 198 g/mol. The van der Waals surface area contributed by atoms with Gasteiger partial charge in [-0.1, -0.05) is 26.2 Å². The quantitative estimate of drug-likeness (QED) is 0.710. The van der Waals surface area contributed by atoms with Crippen LogP contribution in [0.15, 0.2) is 0 Å². The van der Waals surface area contributed by atoms with Gasteiger partial charge >= 0.3 is 0 Å². The summed E-state index contributed by atoms with van der Waals surface area (Å²) in [6.45, 7) is 3.45. The molecule has 1 aliphatic rings. The van der Waals surface area contributed by atoms with Gasteiger partial charge < -0.3 is 5.32 Å². The second kappa shape index (κ2) is 5.71. The molecule has 1 rings (SSSR count). The SMILES string of the molecule is CCNCCS(=O)(=O)C1CCCCC1. The van der Waals surface area contributed by atoms with Crippen molar-refractivity contribution in [2.75, 3.05) is 18.8 Å². The van der Waals surface area contributed by atoms with Gasteiger partial charge in [-0.2, -0.15) is 0 Å². The Morgan fingerprint density at radius 1 is 1.21 bits per heavy atom. The summed E-state index contributed by atoms with van der Waals surface area (Å²) in [5.41, 5.74) is 0. The van der Waals surface area contributed by atoms with Crippen molar-refractivity contribution in [3.05, 3.63) is 0 Å². The van der Waals surface area contributed by atoms with E-state index in [-0.39, 0.29) is 5.25 Å². The number of nitrogens with one attached hydrogen (secondary N) is 1. The van der Waals surface area contributed by atoms with Gasteiger partial charge in [-0.05, 0) is 19.4 Å². The molecule has 0 aromatic rings. The van der Waals surface area contributed by atoms with E-state index in [1.807, 2.05) is 6.92 Å². The van der Waals surface area contributed by atoms with Gasteiger partial charge in [0.1, 0.15) is 0 Å². The summed E-state index contributed by atoms with van der Waals surface area (Å²) in [6.07, 6.45) is 5.15. The number of rotatable bonds is 5. The smallest absolute Gasteiger partial charge is 0.154 e. The Kier molecular flexibility index (Phi) is 4.89. The van der Waals surface area contributed by atoms with Crippen molar-refractivity contribution >= 4 is 9.84 Å². The molecule has 0 amide bonds. The first kappa shape index (κ1) is 12.0. The monoisotopic (exact) mass is 219 g/mol. The summed E-state index contributed by atoms with van der Waals surface area (Å²) < 4.78 is 23.6. The molecule has 1 saturated carbocycles. The maximum absolute atomic E-state index is 11.8. The van der Waals surface area contributed by atoms with Crippen molar-refractivity contribution in [1.29, 1.82) is 0 Å². The first-order valence-electron chi connectivity index (χ1n) is 5.59. The van der Waals surface area contributed by atoms with E-state index in [2.05, 4.69) is 5.32 Å². The molecule has 84 valence electrons. The third-order valence-corrected chi connectivity index (χ3v) is 5.13. The lowest BCUT2D eigenvalue weighted by molar-refractivity contribution is 0.483. The molecule has 0 aromatic carbocycles. The molecule has 0 unspecified atom stereocenters. The Hall–Kier alpha value is -0.0900. The van der Waals surface area contributed by atoms with Gasteiger partial charge in [0.25, 0.3) is 0 Å². The summed E-state index contributed by atoms with van der Waals surface area (Å²) in [5, 5.41) is 3.02. The zero-order valence-electron chi connectivity index (χ0n) is 8.96. The van der Waals surface area contributed by atoms with Crippen molar-refractivity contribution in [3.8, 4) is 0 Å². The highest BCUT2D eigenvalue weighted by Crippen LogP contribution is 2.23. The van der Waals surface area contributed by atoms with Gasteiger partial charge in [0.15, 0.2) is 9.84 Å². The fraction of sp³-hybridized carbons (Fsp3) is 1.00. The fourth-order valence-electron chi connectivity index (χ4n) is 1.98. The molecule has 4 heteroatoms. The normalized spacial score (nSPS) is 19.8. The zero-order chi connectivity index (χ0) is 10.4. The van der Waals surface area contributed by atoms with E-state index in [0.717, 1.165) is 32.2 Å². The Bertz CT molecular complexity index is 243. The molecule has 3 nitrogen and oxygen atoms in total. The largest absolute Gasteiger partial charge is 0.316 e. The Morgan fingerprint density at radius 3 is 2.43 bits per heavy atom. The fourth-order valence-corrected chi connectivity index (χ4v) is 3.80. The van der Waals surface area contributed by atoms with Crippen LogP contribution in [0.25, 0.3) is 0 Å². The molecule has 14 heavy (non-hydrogen) atoms. The van der Waals surface area contributed by atoms with Crippen LogP contribution in [0.5, 0.6) is 0 Å². The second-order valence-electron chi connectivity index (χ2n) is 3.98. The lowest BCUT2D eigenvalue weighted by Gasteiger charge is -2.21. The predicted molar refractivity (Wildman–Crippen MR) is 59.2 cm³/mol. The second-order valence-corrected chi connectivity index (χ2v) is 6.38. The van der Waals surface area contributed by atoms with Gasteiger partial charge in [-0.25, -0.2) is 8.42 Å². The summed E-state index contributed by atoms with van der Waals surface area (Å²) >= 11 is 0. The lowest BCUT2D eigenvalue weighted by atomic mass is 10.0. The van der Waals surface area contributed by atoms with Gasteiger partial charge in [0, 0.05) is 6.54 Å². The van der Waals surface area contributed by atoms with E-state index >= 15 is 0 Å². The Balaban J connectivity index is 2.38. The van der Waals surface area contributed by atoms with Crippen LogP contribution in [0, 0.1) is 0 Å². The summed E-state index contributed by atoms with van der Waals surface area (Å²) in [5.74, 6) is 0.311. The number of sulfone groups is 1. The minimum atomic E-state index is -2.82. The van der Waals surface area contributed by atoms with Crippen molar-refractivity contribution in [2.24, 2.45) is 0 Å². The van der Waals surface area contributed by atoms with Crippen LogP contribution < -0.4 is 5.32 Å². The van der Waals surface area contributed by atoms with E-state index in [1.54, 1.807) is 0 Å². The molecular formula is C10H21NO2S. The summed E-state index contributed by atoms with van der Waals surface area (Å²) in [7, 11) is -2.82.